The van der Waals surface area contributed by atoms with Crippen molar-refractivity contribution in [3.63, 3.8) is 0 Å². The number of rotatable bonds is 8. The third-order valence-corrected chi connectivity index (χ3v) is 3.01. The van der Waals surface area contributed by atoms with Gasteiger partial charge < -0.3 is 5.11 Å². The Balaban J connectivity index is 3.13. The van der Waals surface area contributed by atoms with Gasteiger partial charge in [0.2, 0.25) is 0 Å². The monoisotopic (exact) mass is 280 g/mol. The number of carbonyl (C=O) groups is 1. The predicted octanol–water partition coefficient (Wildman–Crippen LogP) is 2.92. The lowest BCUT2D eigenvalue weighted by Gasteiger charge is -2.21. The van der Waals surface area contributed by atoms with Crippen molar-refractivity contribution in [2.24, 2.45) is 0 Å². The van der Waals surface area contributed by atoms with E-state index in [2.05, 4.69) is 4.90 Å². The summed E-state index contributed by atoms with van der Waals surface area (Å²) in [6.45, 7) is 6.21. The summed E-state index contributed by atoms with van der Waals surface area (Å²) in [5.74, 6) is -1.25. The molecule has 0 saturated heterocycles. The van der Waals surface area contributed by atoms with Crippen LogP contribution in [0.25, 0.3) is 0 Å². The topological polar surface area (TPSA) is 83.7 Å². The first-order chi connectivity index (χ1) is 9.51. The molecule has 6 nitrogen and oxygen atoms in total. The predicted molar refractivity (Wildman–Crippen MR) is 75.9 cm³/mol. The molecule has 0 aromatic heterocycles. The lowest BCUT2D eigenvalue weighted by atomic mass is 10.0. The van der Waals surface area contributed by atoms with E-state index in [0.29, 0.717) is 12.1 Å². The van der Waals surface area contributed by atoms with Crippen LogP contribution < -0.4 is 0 Å². The Labute approximate surface area is 118 Å². The smallest absolute Gasteiger partial charge is 0.343 e. The summed E-state index contributed by atoms with van der Waals surface area (Å²) in [6.07, 6.45) is 1.91. The normalized spacial score (nSPS) is 10.8. The van der Waals surface area contributed by atoms with Gasteiger partial charge in [-0.15, -0.1) is 0 Å². The van der Waals surface area contributed by atoms with Gasteiger partial charge in [-0.2, -0.15) is 0 Å². The minimum atomic E-state index is -1.25. The van der Waals surface area contributed by atoms with Crippen LogP contribution in [0.3, 0.4) is 0 Å². The Bertz CT molecular complexity index is 482. The van der Waals surface area contributed by atoms with E-state index in [1.165, 1.54) is 12.1 Å². The Morgan fingerprint density at radius 3 is 2.35 bits per heavy atom. The van der Waals surface area contributed by atoms with Crippen LogP contribution in [0.15, 0.2) is 18.2 Å². The maximum atomic E-state index is 11.3. The van der Waals surface area contributed by atoms with Gasteiger partial charge in [-0.1, -0.05) is 26.0 Å². The lowest BCUT2D eigenvalue weighted by Crippen LogP contribution is -2.26. The van der Waals surface area contributed by atoms with Crippen LogP contribution in [0.2, 0.25) is 0 Å². The molecule has 0 radical (unpaired) electrons. The van der Waals surface area contributed by atoms with Crippen LogP contribution in [-0.4, -0.2) is 34.0 Å². The highest BCUT2D eigenvalue weighted by Crippen LogP contribution is 2.23. The van der Waals surface area contributed by atoms with Crippen LogP contribution in [0.4, 0.5) is 5.69 Å². The fraction of sp³-hybridized carbons (Fsp3) is 0.500. The van der Waals surface area contributed by atoms with E-state index in [0.717, 1.165) is 25.9 Å². The first kappa shape index (κ1) is 16.1. The van der Waals surface area contributed by atoms with Crippen molar-refractivity contribution in [1.29, 1.82) is 0 Å². The second-order valence-corrected chi connectivity index (χ2v) is 4.65. The molecular formula is C14H20N2O4. The summed E-state index contributed by atoms with van der Waals surface area (Å²) >= 11 is 0. The van der Waals surface area contributed by atoms with E-state index in [1.807, 2.05) is 13.8 Å². The second kappa shape index (κ2) is 7.59. The maximum Gasteiger partial charge on any atom is 0.343 e. The van der Waals surface area contributed by atoms with Crippen molar-refractivity contribution >= 4 is 11.7 Å². The number of carboxylic acids is 1. The molecule has 0 atom stereocenters. The van der Waals surface area contributed by atoms with Gasteiger partial charge in [0.1, 0.15) is 5.56 Å². The van der Waals surface area contributed by atoms with Gasteiger partial charge in [0, 0.05) is 12.6 Å². The van der Waals surface area contributed by atoms with Crippen LogP contribution in [0.5, 0.6) is 0 Å². The summed E-state index contributed by atoms with van der Waals surface area (Å²) in [5, 5.41) is 20.2. The Morgan fingerprint density at radius 1 is 1.30 bits per heavy atom. The quantitative estimate of drug-likeness (QED) is 0.584. The third kappa shape index (κ3) is 4.03. The molecule has 110 valence electrons. The lowest BCUT2D eigenvalue weighted by molar-refractivity contribution is -0.385. The fourth-order valence-electron chi connectivity index (χ4n) is 2.26. The number of hydrogen-bond donors (Lipinski definition) is 1. The summed E-state index contributed by atoms with van der Waals surface area (Å²) in [7, 11) is 0. The highest BCUT2D eigenvalue weighted by molar-refractivity contribution is 5.94. The molecule has 0 heterocycles. The van der Waals surface area contributed by atoms with E-state index in [9.17, 15) is 20.0 Å². The molecule has 0 spiro atoms. The van der Waals surface area contributed by atoms with Crippen molar-refractivity contribution < 1.29 is 14.8 Å². The highest BCUT2D eigenvalue weighted by Gasteiger charge is 2.24. The molecule has 0 bridgehead atoms. The minimum absolute atomic E-state index is 0.199. The summed E-state index contributed by atoms with van der Waals surface area (Å²) in [4.78, 5) is 23.7. The van der Waals surface area contributed by atoms with Gasteiger partial charge in [0.15, 0.2) is 0 Å². The SMILES string of the molecule is CCCN(CCC)Cc1cccc([N+](=O)[O-])c1C(=O)O. The molecule has 0 aliphatic rings. The van der Waals surface area contributed by atoms with E-state index in [4.69, 9.17) is 0 Å². The standard InChI is InChI=1S/C14H20N2O4/c1-3-8-15(9-4-2)10-11-6-5-7-12(16(19)20)13(11)14(17)18/h5-7H,3-4,8-10H2,1-2H3,(H,17,18). The number of carboxylic acid groups (broad SMARTS) is 1. The molecule has 1 rings (SSSR count). The summed E-state index contributed by atoms with van der Waals surface area (Å²) in [6, 6.07) is 4.42. The summed E-state index contributed by atoms with van der Waals surface area (Å²) < 4.78 is 0. The van der Waals surface area contributed by atoms with E-state index in [-0.39, 0.29) is 11.3 Å². The Hall–Kier alpha value is -1.95. The molecule has 6 heteroatoms. The number of nitrogens with zero attached hydrogens (tertiary/aromatic N) is 2. The third-order valence-electron chi connectivity index (χ3n) is 3.01. The average molecular weight is 280 g/mol. The molecule has 0 aliphatic heterocycles. The zero-order chi connectivity index (χ0) is 15.1. The molecule has 0 amide bonds. The van der Waals surface area contributed by atoms with Crippen molar-refractivity contribution in [3.8, 4) is 0 Å². The first-order valence-corrected chi connectivity index (χ1v) is 6.73. The molecule has 1 N–H and O–H groups in total. The number of nitro benzene ring substituents is 1. The van der Waals surface area contributed by atoms with Gasteiger partial charge in [-0.3, -0.25) is 15.0 Å². The molecule has 1 aromatic carbocycles. The van der Waals surface area contributed by atoms with Crippen molar-refractivity contribution in [2.45, 2.75) is 33.2 Å². The molecule has 1 aromatic rings. The molecule has 0 fully saturated rings. The second-order valence-electron chi connectivity index (χ2n) is 4.65. The number of hydrogen-bond acceptors (Lipinski definition) is 4. The van der Waals surface area contributed by atoms with E-state index in [1.54, 1.807) is 6.07 Å². The van der Waals surface area contributed by atoms with Gasteiger partial charge >= 0.3 is 5.97 Å². The van der Waals surface area contributed by atoms with Gasteiger partial charge in [-0.05, 0) is 31.5 Å². The molecule has 20 heavy (non-hydrogen) atoms. The number of benzene rings is 1. The first-order valence-electron chi connectivity index (χ1n) is 6.73. The van der Waals surface area contributed by atoms with Crippen molar-refractivity contribution in [1.82, 2.24) is 4.90 Å². The van der Waals surface area contributed by atoms with Crippen LogP contribution >= 0.6 is 0 Å². The van der Waals surface area contributed by atoms with Crippen LogP contribution in [0, 0.1) is 10.1 Å². The molecular weight excluding hydrogens is 260 g/mol. The molecule has 0 saturated carbocycles. The van der Waals surface area contributed by atoms with Gasteiger partial charge in [-0.25, -0.2) is 4.79 Å². The largest absolute Gasteiger partial charge is 0.477 e. The number of aromatic carboxylic acids is 1. The van der Waals surface area contributed by atoms with Crippen LogP contribution in [-0.2, 0) is 6.54 Å². The number of nitro groups is 1. The molecule has 0 aliphatic carbocycles. The van der Waals surface area contributed by atoms with Gasteiger partial charge in [0.25, 0.3) is 5.69 Å². The Morgan fingerprint density at radius 2 is 1.90 bits per heavy atom. The van der Waals surface area contributed by atoms with E-state index >= 15 is 0 Å². The van der Waals surface area contributed by atoms with Gasteiger partial charge in [0.05, 0.1) is 4.92 Å². The highest BCUT2D eigenvalue weighted by atomic mass is 16.6. The zero-order valence-electron chi connectivity index (χ0n) is 11.8. The Kier molecular flexibility index (Phi) is 6.11. The van der Waals surface area contributed by atoms with Crippen molar-refractivity contribution in [3.05, 3.63) is 39.4 Å². The van der Waals surface area contributed by atoms with Crippen LogP contribution in [0.1, 0.15) is 42.6 Å². The van der Waals surface area contributed by atoms with E-state index < -0.39 is 10.9 Å². The minimum Gasteiger partial charge on any atom is -0.477 e. The molecule has 0 unspecified atom stereocenters. The maximum absolute atomic E-state index is 11.3. The summed E-state index contributed by atoms with van der Waals surface area (Å²) in [5.41, 5.74) is -0.0498. The zero-order valence-corrected chi connectivity index (χ0v) is 11.8. The average Bonchev–Trinajstić information content (AvgIpc) is 2.38. The fourth-order valence-corrected chi connectivity index (χ4v) is 2.26. The van der Waals surface area contributed by atoms with Crippen molar-refractivity contribution in [2.75, 3.05) is 13.1 Å².